The van der Waals surface area contributed by atoms with Gasteiger partial charge in [0.2, 0.25) is 0 Å². The summed E-state index contributed by atoms with van der Waals surface area (Å²) in [6.45, 7) is 9.50. The Morgan fingerprint density at radius 2 is 2.10 bits per heavy atom. The Morgan fingerprint density at radius 1 is 1.31 bits per heavy atom. The zero-order valence-electron chi connectivity index (χ0n) is 18.1. The minimum atomic E-state index is 0. The molecule has 1 aliphatic heterocycles. The number of hydrogen-bond donors (Lipinski definition) is 3. The average molecular weight is 535 g/mol. The van der Waals surface area contributed by atoms with Crippen molar-refractivity contribution in [2.45, 2.75) is 71.4 Å². The van der Waals surface area contributed by atoms with Crippen molar-refractivity contribution in [3.63, 3.8) is 0 Å². The molecule has 5 nitrogen and oxygen atoms in total. The van der Waals surface area contributed by atoms with Crippen molar-refractivity contribution in [2.75, 3.05) is 32.8 Å². The van der Waals surface area contributed by atoms with E-state index in [0.717, 1.165) is 45.1 Å². The van der Waals surface area contributed by atoms with Gasteiger partial charge in [-0.2, -0.15) is 0 Å². The minimum absolute atomic E-state index is 0. The second-order valence-electron chi connectivity index (χ2n) is 8.55. The molecule has 0 radical (unpaired) electrons. The topological polar surface area (TPSA) is 59.9 Å². The van der Waals surface area contributed by atoms with E-state index in [0.29, 0.717) is 6.04 Å². The lowest BCUT2D eigenvalue weighted by atomic mass is 9.72. The molecular formula is C22H39IN4OS. The number of hydrogen-bond acceptors (Lipinski definition) is 4. The Labute approximate surface area is 197 Å². The zero-order valence-corrected chi connectivity index (χ0v) is 21.2. The van der Waals surface area contributed by atoms with E-state index in [2.05, 4.69) is 40.8 Å². The van der Waals surface area contributed by atoms with Crippen molar-refractivity contribution in [2.24, 2.45) is 10.4 Å². The standard InChI is InChI=1S/C22H38N4OS.HI/c1-3-23-21(25-17-22(11-13-27)9-5-4-6-10-22)24-15-18(2)26-12-7-20-19(16-26)8-14-28-20;/h8,14,18,27H,3-7,9-13,15-17H2,1-2H3,(H2,23,24,25);1H. The maximum absolute atomic E-state index is 9.54. The molecule has 1 saturated carbocycles. The van der Waals surface area contributed by atoms with Crippen molar-refractivity contribution in [1.82, 2.24) is 15.5 Å². The van der Waals surface area contributed by atoms with E-state index in [1.165, 1.54) is 44.1 Å². The highest BCUT2D eigenvalue weighted by Gasteiger charge is 2.31. The van der Waals surface area contributed by atoms with E-state index in [1.54, 1.807) is 4.88 Å². The van der Waals surface area contributed by atoms with Crippen molar-refractivity contribution >= 4 is 41.3 Å². The van der Waals surface area contributed by atoms with E-state index < -0.39 is 0 Å². The van der Waals surface area contributed by atoms with Crippen LogP contribution in [0.15, 0.2) is 16.4 Å². The van der Waals surface area contributed by atoms with E-state index in [1.807, 2.05) is 11.3 Å². The van der Waals surface area contributed by atoms with Crippen molar-refractivity contribution in [1.29, 1.82) is 0 Å². The number of aliphatic hydroxyl groups is 1. The van der Waals surface area contributed by atoms with Crippen LogP contribution in [0.2, 0.25) is 0 Å². The SMILES string of the molecule is CCNC(=NCC1(CCO)CCCCC1)NCC(C)N1CCc2sccc2C1.I. The van der Waals surface area contributed by atoms with Gasteiger partial charge in [-0.1, -0.05) is 19.3 Å². The first-order chi connectivity index (χ1) is 13.7. The lowest BCUT2D eigenvalue weighted by molar-refractivity contribution is 0.137. The number of fused-ring (bicyclic) bond motifs is 1. The molecule has 7 heteroatoms. The van der Waals surface area contributed by atoms with Crippen LogP contribution >= 0.6 is 35.3 Å². The summed E-state index contributed by atoms with van der Waals surface area (Å²) in [6.07, 6.45) is 8.33. The molecule has 1 aromatic rings. The van der Waals surface area contributed by atoms with Crippen molar-refractivity contribution in [3.8, 4) is 0 Å². The second-order valence-corrected chi connectivity index (χ2v) is 9.55. The van der Waals surface area contributed by atoms with Gasteiger partial charge >= 0.3 is 0 Å². The highest BCUT2D eigenvalue weighted by molar-refractivity contribution is 14.0. The van der Waals surface area contributed by atoms with E-state index >= 15 is 0 Å². The maximum atomic E-state index is 9.54. The van der Waals surface area contributed by atoms with Gasteiger partial charge in [0.1, 0.15) is 0 Å². The van der Waals surface area contributed by atoms with Gasteiger partial charge in [-0.05, 0) is 62.0 Å². The van der Waals surface area contributed by atoms with E-state index in [9.17, 15) is 5.11 Å². The van der Waals surface area contributed by atoms with Gasteiger partial charge < -0.3 is 15.7 Å². The Morgan fingerprint density at radius 3 is 2.83 bits per heavy atom. The van der Waals surface area contributed by atoms with Gasteiger partial charge in [0.15, 0.2) is 5.96 Å². The van der Waals surface area contributed by atoms with Gasteiger partial charge in [-0.3, -0.25) is 9.89 Å². The third kappa shape index (κ3) is 7.08. The molecule has 166 valence electrons. The van der Waals surface area contributed by atoms with Crippen LogP contribution in [0.1, 0.15) is 62.8 Å². The highest BCUT2D eigenvalue weighted by Crippen LogP contribution is 2.39. The number of guanidine groups is 1. The largest absolute Gasteiger partial charge is 0.396 e. The zero-order chi connectivity index (χ0) is 19.8. The summed E-state index contributed by atoms with van der Waals surface area (Å²) >= 11 is 1.90. The van der Waals surface area contributed by atoms with E-state index in [-0.39, 0.29) is 36.0 Å². The molecule has 1 aromatic heterocycles. The van der Waals surface area contributed by atoms with Gasteiger partial charge in [0.25, 0.3) is 0 Å². The lowest BCUT2D eigenvalue weighted by Crippen LogP contribution is -2.47. The summed E-state index contributed by atoms with van der Waals surface area (Å²) in [6, 6.07) is 2.75. The molecule has 29 heavy (non-hydrogen) atoms. The number of aliphatic hydroxyl groups excluding tert-OH is 1. The van der Waals surface area contributed by atoms with Crippen LogP contribution in [0.4, 0.5) is 0 Å². The molecule has 0 spiro atoms. The second kappa shape index (κ2) is 12.5. The number of thiophene rings is 1. The van der Waals surface area contributed by atoms with Gasteiger partial charge in [-0.15, -0.1) is 35.3 Å². The van der Waals surface area contributed by atoms with Gasteiger partial charge in [0.05, 0.1) is 0 Å². The Hall–Kier alpha value is -0.380. The lowest BCUT2D eigenvalue weighted by Gasteiger charge is -2.36. The molecular weight excluding hydrogens is 495 g/mol. The number of rotatable bonds is 8. The fourth-order valence-electron chi connectivity index (χ4n) is 4.63. The Balaban J connectivity index is 0.00000300. The molecule has 3 N–H and O–H groups in total. The minimum Gasteiger partial charge on any atom is -0.396 e. The van der Waals surface area contributed by atoms with Gasteiger partial charge in [-0.25, -0.2) is 0 Å². The number of halogens is 1. The smallest absolute Gasteiger partial charge is 0.191 e. The summed E-state index contributed by atoms with van der Waals surface area (Å²) in [7, 11) is 0. The first-order valence-electron chi connectivity index (χ1n) is 11.1. The van der Waals surface area contributed by atoms with Crippen LogP contribution in [0, 0.1) is 5.41 Å². The summed E-state index contributed by atoms with van der Waals surface area (Å²) < 4.78 is 0. The predicted molar refractivity (Wildman–Crippen MR) is 135 cm³/mol. The van der Waals surface area contributed by atoms with Crippen LogP contribution in [0.5, 0.6) is 0 Å². The molecule has 0 aromatic carbocycles. The number of nitrogens with one attached hydrogen (secondary N) is 2. The first kappa shape index (κ1) is 24.9. The highest BCUT2D eigenvalue weighted by atomic mass is 127. The summed E-state index contributed by atoms with van der Waals surface area (Å²) in [4.78, 5) is 9.07. The molecule has 1 fully saturated rings. The molecule has 3 rings (SSSR count). The summed E-state index contributed by atoms with van der Waals surface area (Å²) in [5.74, 6) is 0.922. The summed E-state index contributed by atoms with van der Waals surface area (Å²) in [5.41, 5.74) is 1.70. The Kier molecular flexibility index (Phi) is 10.7. The molecule has 0 amide bonds. The van der Waals surface area contributed by atoms with Crippen LogP contribution in [0.25, 0.3) is 0 Å². The molecule has 0 bridgehead atoms. The summed E-state index contributed by atoms with van der Waals surface area (Å²) in [5, 5.41) is 18.7. The molecule has 2 heterocycles. The molecule has 1 unspecified atom stereocenters. The first-order valence-corrected chi connectivity index (χ1v) is 12.0. The predicted octanol–water partition coefficient (Wildman–Crippen LogP) is 4.00. The van der Waals surface area contributed by atoms with Crippen molar-refractivity contribution < 1.29 is 5.11 Å². The normalized spacial score (nSPS) is 20.4. The fourth-order valence-corrected chi connectivity index (χ4v) is 5.52. The molecule has 2 aliphatic rings. The fraction of sp³-hybridized carbons (Fsp3) is 0.773. The van der Waals surface area contributed by atoms with Crippen LogP contribution in [0.3, 0.4) is 0 Å². The quantitative estimate of drug-likeness (QED) is 0.268. The Bertz CT molecular complexity index is 625. The maximum Gasteiger partial charge on any atom is 0.191 e. The molecule has 1 aliphatic carbocycles. The number of aliphatic imine (C=N–C) groups is 1. The van der Waals surface area contributed by atoms with Crippen LogP contribution in [-0.2, 0) is 13.0 Å². The van der Waals surface area contributed by atoms with Crippen LogP contribution < -0.4 is 10.6 Å². The van der Waals surface area contributed by atoms with Crippen molar-refractivity contribution in [3.05, 3.63) is 21.9 Å². The molecule has 0 saturated heterocycles. The van der Waals surface area contributed by atoms with E-state index in [4.69, 9.17) is 4.99 Å². The number of nitrogens with zero attached hydrogens (tertiary/aromatic N) is 2. The average Bonchev–Trinajstić information content (AvgIpc) is 3.18. The third-order valence-corrected chi connectivity index (χ3v) is 7.52. The van der Waals surface area contributed by atoms with Crippen LogP contribution in [-0.4, -0.2) is 54.8 Å². The molecule has 1 atom stereocenters. The van der Waals surface area contributed by atoms with Gasteiger partial charge in [0, 0.05) is 50.2 Å². The third-order valence-electron chi connectivity index (χ3n) is 6.50. The monoisotopic (exact) mass is 534 g/mol.